The van der Waals surface area contributed by atoms with E-state index in [0.717, 1.165) is 10.0 Å². The fourth-order valence-electron chi connectivity index (χ4n) is 1.35. The highest BCUT2D eigenvalue weighted by Gasteiger charge is 2.07. The van der Waals surface area contributed by atoms with Crippen LogP contribution in [0.1, 0.15) is 5.56 Å². The van der Waals surface area contributed by atoms with Crippen molar-refractivity contribution in [2.45, 2.75) is 6.61 Å². The Kier molecular flexibility index (Phi) is 4.18. The Morgan fingerprint density at radius 3 is 2.41 bits per heavy atom. The second kappa shape index (κ2) is 5.65. The van der Waals surface area contributed by atoms with Crippen LogP contribution in [0.2, 0.25) is 0 Å². The van der Waals surface area contributed by atoms with Gasteiger partial charge in [0.25, 0.3) is 0 Å². The van der Waals surface area contributed by atoms with Crippen molar-refractivity contribution in [1.82, 2.24) is 0 Å². The highest BCUT2D eigenvalue weighted by atomic mass is 79.9. The minimum Gasteiger partial charge on any atom is -0.488 e. The summed E-state index contributed by atoms with van der Waals surface area (Å²) in [6.07, 6.45) is 0. The maximum Gasteiger partial charge on any atom is 0.141 e. The van der Waals surface area contributed by atoms with E-state index in [4.69, 9.17) is 4.74 Å². The van der Waals surface area contributed by atoms with E-state index in [1.165, 1.54) is 6.07 Å². The van der Waals surface area contributed by atoms with E-state index in [1.807, 2.05) is 30.3 Å². The first kappa shape index (κ1) is 12.6. The van der Waals surface area contributed by atoms with Gasteiger partial charge in [-0.25, -0.2) is 4.39 Å². The fraction of sp³-hybridized carbons (Fsp3) is 0.0769. The fourth-order valence-corrected chi connectivity index (χ4v) is 2.46. The van der Waals surface area contributed by atoms with Crippen molar-refractivity contribution < 1.29 is 9.13 Å². The molecule has 0 aliphatic rings. The number of halogens is 3. The quantitative estimate of drug-likeness (QED) is 0.706. The third-order valence-electron chi connectivity index (χ3n) is 2.21. The van der Waals surface area contributed by atoms with Gasteiger partial charge in [-0.05, 0) is 43.5 Å². The first-order valence-corrected chi connectivity index (χ1v) is 6.56. The van der Waals surface area contributed by atoms with Crippen LogP contribution in [0, 0.1) is 5.82 Å². The molecular formula is C13H9Br2FO. The highest BCUT2D eigenvalue weighted by molar-refractivity contribution is 9.11. The van der Waals surface area contributed by atoms with Crippen LogP contribution in [0.4, 0.5) is 4.39 Å². The van der Waals surface area contributed by atoms with Crippen molar-refractivity contribution in [3.05, 3.63) is 62.8 Å². The summed E-state index contributed by atoms with van der Waals surface area (Å²) in [5.74, 6) is 0.158. The summed E-state index contributed by atoms with van der Waals surface area (Å²) in [5, 5.41) is 0. The predicted octanol–water partition coefficient (Wildman–Crippen LogP) is 4.93. The molecule has 17 heavy (non-hydrogen) atoms. The van der Waals surface area contributed by atoms with Gasteiger partial charge in [0.1, 0.15) is 18.2 Å². The van der Waals surface area contributed by atoms with Gasteiger partial charge < -0.3 is 4.74 Å². The van der Waals surface area contributed by atoms with Gasteiger partial charge in [-0.1, -0.05) is 30.3 Å². The largest absolute Gasteiger partial charge is 0.488 e. The molecule has 0 aliphatic carbocycles. The highest BCUT2D eigenvalue weighted by Crippen LogP contribution is 2.31. The second-order valence-corrected chi connectivity index (χ2v) is 5.18. The van der Waals surface area contributed by atoms with Crippen LogP contribution in [0.15, 0.2) is 51.4 Å². The molecule has 1 nitrogen and oxygen atoms in total. The molecule has 0 aliphatic heterocycles. The monoisotopic (exact) mass is 358 g/mol. The Balaban J connectivity index is 2.12. The van der Waals surface area contributed by atoms with Gasteiger partial charge in [-0.15, -0.1) is 0 Å². The van der Waals surface area contributed by atoms with Gasteiger partial charge in [0.15, 0.2) is 0 Å². The lowest BCUT2D eigenvalue weighted by Crippen LogP contribution is -1.96. The first-order chi connectivity index (χ1) is 8.16. The SMILES string of the molecule is Fc1cc(OCc2ccccc2)c(Br)cc1Br. The molecule has 2 aromatic rings. The van der Waals surface area contributed by atoms with Gasteiger partial charge in [0.2, 0.25) is 0 Å². The van der Waals surface area contributed by atoms with Gasteiger partial charge in [0.05, 0.1) is 8.95 Å². The van der Waals surface area contributed by atoms with Crippen molar-refractivity contribution in [3.8, 4) is 5.75 Å². The minimum absolute atomic E-state index is 0.337. The van der Waals surface area contributed by atoms with E-state index in [-0.39, 0.29) is 5.82 Å². The Bertz CT molecular complexity index is 514. The van der Waals surface area contributed by atoms with Gasteiger partial charge in [0, 0.05) is 6.07 Å². The van der Waals surface area contributed by atoms with Crippen LogP contribution < -0.4 is 4.74 Å². The number of benzene rings is 2. The Labute approximate surface area is 116 Å². The summed E-state index contributed by atoms with van der Waals surface area (Å²) in [4.78, 5) is 0. The van der Waals surface area contributed by atoms with E-state index < -0.39 is 0 Å². The average Bonchev–Trinajstić information content (AvgIpc) is 2.33. The average molecular weight is 360 g/mol. The zero-order chi connectivity index (χ0) is 12.3. The molecular weight excluding hydrogens is 351 g/mol. The lowest BCUT2D eigenvalue weighted by Gasteiger charge is -2.09. The second-order valence-electron chi connectivity index (χ2n) is 3.47. The Morgan fingerprint density at radius 2 is 1.71 bits per heavy atom. The maximum atomic E-state index is 13.3. The molecule has 0 spiro atoms. The zero-order valence-electron chi connectivity index (χ0n) is 8.79. The lowest BCUT2D eigenvalue weighted by atomic mass is 10.2. The standard InChI is InChI=1S/C13H9Br2FO/c14-10-6-11(15)13(7-12(10)16)17-8-9-4-2-1-3-5-9/h1-7H,8H2. The number of hydrogen-bond acceptors (Lipinski definition) is 1. The molecule has 0 saturated carbocycles. The molecule has 0 aromatic heterocycles. The molecule has 0 heterocycles. The van der Waals surface area contributed by atoms with Crippen LogP contribution in [0.5, 0.6) is 5.75 Å². The number of rotatable bonds is 3. The van der Waals surface area contributed by atoms with Crippen LogP contribution in [0.3, 0.4) is 0 Å². The van der Waals surface area contributed by atoms with Crippen molar-refractivity contribution >= 4 is 31.9 Å². The molecule has 0 amide bonds. The molecule has 0 atom stereocenters. The number of hydrogen-bond donors (Lipinski definition) is 0. The van der Waals surface area contributed by atoms with Crippen molar-refractivity contribution in [3.63, 3.8) is 0 Å². The lowest BCUT2D eigenvalue weighted by molar-refractivity contribution is 0.302. The van der Waals surface area contributed by atoms with Gasteiger partial charge in [-0.3, -0.25) is 0 Å². The van der Waals surface area contributed by atoms with Crippen LogP contribution >= 0.6 is 31.9 Å². The summed E-state index contributed by atoms with van der Waals surface area (Å²) in [6.45, 7) is 0.417. The molecule has 4 heteroatoms. The van der Waals surface area contributed by atoms with Crippen LogP contribution in [-0.2, 0) is 6.61 Å². The van der Waals surface area contributed by atoms with Crippen molar-refractivity contribution in [1.29, 1.82) is 0 Å². The summed E-state index contributed by atoms with van der Waals surface area (Å²) in [7, 11) is 0. The summed E-state index contributed by atoms with van der Waals surface area (Å²) >= 11 is 6.45. The molecule has 0 fully saturated rings. The smallest absolute Gasteiger partial charge is 0.141 e. The van der Waals surface area contributed by atoms with Gasteiger partial charge >= 0.3 is 0 Å². The normalized spacial score (nSPS) is 10.3. The van der Waals surface area contributed by atoms with E-state index in [9.17, 15) is 4.39 Å². The molecule has 0 unspecified atom stereocenters. The van der Waals surface area contributed by atoms with E-state index in [2.05, 4.69) is 31.9 Å². The molecule has 2 aromatic carbocycles. The predicted molar refractivity (Wildman–Crippen MR) is 72.6 cm³/mol. The molecule has 88 valence electrons. The maximum absolute atomic E-state index is 13.3. The molecule has 2 rings (SSSR count). The van der Waals surface area contributed by atoms with Crippen molar-refractivity contribution in [2.75, 3.05) is 0 Å². The van der Waals surface area contributed by atoms with E-state index in [0.29, 0.717) is 16.8 Å². The minimum atomic E-state index is -0.337. The first-order valence-electron chi connectivity index (χ1n) is 4.98. The third kappa shape index (κ3) is 3.30. The van der Waals surface area contributed by atoms with E-state index >= 15 is 0 Å². The van der Waals surface area contributed by atoms with Crippen molar-refractivity contribution in [2.24, 2.45) is 0 Å². The van der Waals surface area contributed by atoms with E-state index in [1.54, 1.807) is 6.07 Å². The Morgan fingerprint density at radius 1 is 1.00 bits per heavy atom. The molecule has 0 bridgehead atoms. The van der Waals surface area contributed by atoms with Crippen LogP contribution in [-0.4, -0.2) is 0 Å². The van der Waals surface area contributed by atoms with Crippen LogP contribution in [0.25, 0.3) is 0 Å². The summed E-state index contributed by atoms with van der Waals surface area (Å²) < 4.78 is 20.0. The summed E-state index contributed by atoms with van der Waals surface area (Å²) in [5.41, 5.74) is 1.04. The Hall–Kier alpha value is -0.870. The molecule has 0 radical (unpaired) electrons. The third-order valence-corrected chi connectivity index (χ3v) is 3.44. The number of ether oxygens (including phenoxy) is 1. The molecule has 0 N–H and O–H groups in total. The van der Waals surface area contributed by atoms with Gasteiger partial charge in [-0.2, -0.15) is 0 Å². The summed E-state index contributed by atoms with van der Waals surface area (Å²) in [6, 6.07) is 12.7. The topological polar surface area (TPSA) is 9.23 Å². The zero-order valence-corrected chi connectivity index (χ0v) is 12.0. The molecule has 0 saturated heterocycles.